The number of aryl methyl sites for hydroxylation is 1. The Bertz CT molecular complexity index is 1320. The first-order valence-corrected chi connectivity index (χ1v) is 11.9. The maximum absolute atomic E-state index is 12.9. The fraction of sp³-hybridized carbons (Fsp3) is 0.259. The van der Waals surface area contributed by atoms with E-state index in [1.807, 2.05) is 49.4 Å². The van der Waals surface area contributed by atoms with Crippen molar-refractivity contribution in [3.8, 4) is 17.2 Å². The Balaban J connectivity index is 2.08. The maximum atomic E-state index is 12.9. The SMILES string of the molecule is C=C(C)C(=O)N=c1sc(CCC)c(C(=O)OCC)n1Cc1ccc(-c2ccccc2C#N)cc1. The molecule has 0 radical (unpaired) electrons. The van der Waals surface area contributed by atoms with E-state index in [4.69, 9.17) is 4.74 Å². The van der Waals surface area contributed by atoms with Crippen molar-refractivity contribution in [2.45, 2.75) is 40.2 Å². The van der Waals surface area contributed by atoms with E-state index in [2.05, 4.69) is 17.6 Å². The van der Waals surface area contributed by atoms with Crippen molar-refractivity contribution in [2.75, 3.05) is 6.61 Å². The van der Waals surface area contributed by atoms with E-state index in [0.29, 0.717) is 34.6 Å². The molecule has 3 aromatic rings. The highest BCUT2D eigenvalue weighted by Crippen LogP contribution is 2.24. The lowest BCUT2D eigenvalue weighted by atomic mass is 9.99. The third kappa shape index (κ3) is 5.59. The molecule has 7 heteroatoms. The topological polar surface area (TPSA) is 84.5 Å². The minimum Gasteiger partial charge on any atom is -0.461 e. The summed E-state index contributed by atoms with van der Waals surface area (Å²) in [5, 5.41) is 9.40. The fourth-order valence-corrected chi connectivity index (χ4v) is 4.71. The van der Waals surface area contributed by atoms with E-state index in [1.54, 1.807) is 24.5 Å². The first-order chi connectivity index (χ1) is 16.4. The summed E-state index contributed by atoms with van der Waals surface area (Å²) in [6.07, 6.45) is 1.52. The van der Waals surface area contributed by atoms with Crippen molar-refractivity contribution in [3.63, 3.8) is 0 Å². The number of nitrogens with zero attached hydrogens (tertiary/aromatic N) is 3. The van der Waals surface area contributed by atoms with Crippen LogP contribution in [0.5, 0.6) is 0 Å². The summed E-state index contributed by atoms with van der Waals surface area (Å²) in [6.45, 7) is 9.70. The average molecular weight is 474 g/mol. The van der Waals surface area contributed by atoms with Gasteiger partial charge in [0.25, 0.3) is 5.91 Å². The van der Waals surface area contributed by atoms with E-state index >= 15 is 0 Å². The number of ether oxygens (including phenoxy) is 1. The largest absolute Gasteiger partial charge is 0.461 e. The van der Waals surface area contributed by atoms with Gasteiger partial charge >= 0.3 is 5.97 Å². The lowest BCUT2D eigenvalue weighted by Gasteiger charge is -2.11. The second-order valence-corrected chi connectivity index (χ2v) is 8.83. The molecule has 0 saturated carbocycles. The molecule has 0 saturated heterocycles. The zero-order chi connectivity index (χ0) is 24.7. The lowest BCUT2D eigenvalue weighted by Crippen LogP contribution is -2.23. The third-order valence-corrected chi connectivity index (χ3v) is 6.28. The smallest absolute Gasteiger partial charge is 0.356 e. The van der Waals surface area contributed by atoms with Crippen LogP contribution in [0.4, 0.5) is 0 Å². The number of amides is 1. The molecule has 1 amide bonds. The van der Waals surface area contributed by atoms with Gasteiger partial charge in [0.1, 0.15) is 5.69 Å². The Kier molecular flexibility index (Phi) is 8.34. The van der Waals surface area contributed by atoms with Gasteiger partial charge in [0.05, 0.1) is 24.8 Å². The van der Waals surface area contributed by atoms with Crippen LogP contribution in [-0.4, -0.2) is 23.1 Å². The summed E-state index contributed by atoms with van der Waals surface area (Å²) < 4.78 is 7.09. The van der Waals surface area contributed by atoms with Crippen LogP contribution in [0.2, 0.25) is 0 Å². The van der Waals surface area contributed by atoms with E-state index in [0.717, 1.165) is 28.0 Å². The Morgan fingerprint density at radius 3 is 2.47 bits per heavy atom. The number of benzene rings is 2. The molecule has 1 aromatic heterocycles. The second kappa shape index (κ2) is 11.4. The second-order valence-electron chi connectivity index (χ2n) is 7.76. The van der Waals surface area contributed by atoms with Crippen molar-refractivity contribution in [2.24, 2.45) is 4.99 Å². The van der Waals surface area contributed by atoms with Crippen LogP contribution in [0.1, 0.15) is 53.7 Å². The molecule has 0 N–H and O–H groups in total. The zero-order valence-corrected chi connectivity index (χ0v) is 20.4. The molecule has 3 rings (SSSR count). The standard InChI is InChI=1S/C27H27N3O3S/c1-5-9-23-24(26(32)33-6-2)30(27(34-23)29-25(31)18(3)4)17-19-12-14-20(15-13-19)22-11-8-7-10-21(22)16-28/h7-8,10-15H,3,5-6,9,17H2,1-2,4H3. The highest BCUT2D eigenvalue weighted by molar-refractivity contribution is 7.09. The molecule has 0 spiro atoms. The van der Waals surface area contributed by atoms with Crippen LogP contribution < -0.4 is 4.80 Å². The maximum Gasteiger partial charge on any atom is 0.356 e. The molecule has 34 heavy (non-hydrogen) atoms. The Morgan fingerprint density at radius 2 is 1.85 bits per heavy atom. The first-order valence-electron chi connectivity index (χ1n) is 11.1. The number of nitriles is 1. The molecule has 2 aromatic carbocycles. The van der Waals surface area contributed by atoms with Crippen molar-refractivity contribution < 1.29 is 14.3 Å². The summed E-state index contributed by atoms with van der Waals surface area (Å²) in [5.74, 6) is -0.845. The van der Waals surface area contributed by atoms with Crippen molar-refractivity contribution in [1.82, 2.24) is 4.57 Å². The summed E-state index contributed by atoms with van der Waals surface area (Å²) in [7, 11) is 0. The van der Waals surface area contributed by atoms with Gasteiger partial charge in [0.2, 0.25) is 0 Å². The molecule has 0 aliphatic heterocycles. The van der Waals surface area contributed by atoms with Crippen LogP contribution in [-0.2, 0) is 22.5 Å². The molecular formula is C27H27N3O3S. The van der Waals surface area contributed by atoms with Gasteiger partial charge in [-0.05, 0) is 43.0 Å². The molecule has 0 unspecified atom stereocenters. The van der Waals surface area contributed by atoms with E-state index in [9.17, 15) is 14.9 Å². The molecule has 6 nitrogen and oxygen atoms in total. The monoisotopic (exact) mass is 473 g/mol. The van der Waals surface area contributed by atoms with E-state index in [1.165, 1.54) is 11.3 Å². The number of hydrogen-bond donors (Lipinski definition) is 0. The summed E-state index contributed by atoms with van der Waals surface area (Å²) in [5.41, 5.74) is 4.08. The lowest BCUT2D eigenvalue weighted by molar-refractivity contribution is -0.114. The zero-order valence-electron chi connectivity index (χ0n) is 19.6. The van der Waals surface area contributed by atoms with Crippen molar-refractivity contribution in [3.05, 3.63) is 87.2 Å². The van der Waals surface area contributed by atoms with Gasteiger partial charge in [0.15, 0.2) is 4.80 Å². The van der Waals surface area contributed by atoms with Crippen LogP contribution in [0.15, 0.2) is 65.7 Å². The van der Waals surface area contributed by atoms with Gasteiger partial charge in [-0.15, -0.1) is 11.3 Å². The minimum atomic E-state index is -0.425. The van der Waals surface area contributed by atoms with Gasteiger partial charge < -0.3 is 9.30 Å². The quantitative estimate of drug-likeness (QED) is 0.330. The van der Waals surface area contributed by atoms with Crippen molar-refractivity contribution in [1.29, 1.82) is 5.26 Å². The number of esters is 1. The number of thiazole rings is 1. The highest BCUT2D eigenvalue weighted by atomic mass is 32.1. The summed E-state index contributed by atoms with van der Waals surface area (Å²) >= 11 is 1.33. The number of aromatic nitrogens is 1. The molecule has 174 valence electrons. The van der Waals surface area contributed by atoms with E-state index in [-0.39, 0.29) is 6.61 Å². The fourth-order valence-electron chi connectivity index (χ4n) is 3.50. The number of rotatable bonds is 8. The van der Waals surface area contributed by atoms with Crippen LogP contribution in [0.25, 0.3) is 11.1 Å². The van der Waals surface area contributed by atoms with Gasteiger partial charge in [-0.1, -0.05) is 62.4 Å². The van der Waals surface area contributed by atoms with Crippen LogP contribution in [0, 0.1) is 11.3 Å². The molecule has 0 aliphatic carbocycles. The van der Waals surface area contributed by atoms with Crippen LogP contribution in [0.3, 0.4) is 0 Å². The van der Waals surface area contributed by atoms with Crippen LogP contribution >= 0.6 is 11.3 Å². The number of carbonyl (C=O) groups excluding carboxylic acids is 2. The highest BCUT2D eigenvalue weighted by Gasteiger charge is 2.22. The predicted molar refractivity (Wildman–Crippen MR) is 133 cm³/mol. The first kappa shape index (κ1) is 24.9. The van der Waals surface area contributed by atoms with Gasteiger partial charge in [0, 0.05) is 10.5 Å². The normalized spacial score (nSPS) is 11.2. The Morgan fingerprint density at radius 1 is 1.15 bits per heavy atom. The van der Waals surface area contributed by atoms with Gasteiger partial charge in [-0.25, -0.2) is 4.79 Å². The summed E-state index contributed by atoms with van der Waals surface area (Å²) in [6, 6.07) is 17.5. The Labute approximate surface area is 203 Å². The predicted octanol–water partition coefficient (Wildman–Crippen LogP) is 5.27. The molecule has 1 heterocycles. The minimum absolute atomic E-state index is 0.254. The molecule has 0 fully saturated rings. The summed E-state index contributed by atoms with van der Waals surface area (Å²) in [4.78, 5) is 30.8. The van der Waals surface area contributed by atoms with Gasteiger partial charge in [-0.3, -0.25) is 4.79 Å². The van der Waals surface area contributed by atoms with Gasteiger partial charge in [-0.2, -0.15) is 10.3 Å². The molecule has 0 atom stereocenters. The third-order valence-electron chi connectivity index (χ3n) is 5.14. The van der Waals surface area contributed by atoms with E-state index < -0.39 is 11.9 Å². The molecule has 0 bridgehead atoms. The number of hydrogen-bond acceptors (Lipinski definition) is 5. The van der Waals surface area contributed by atoms with Crippen molar-refractivity contribution >= 4 is 23.2 Å². The number of carbonyl (C=O) groups is 2. The Hall–Kier alpha value is -3.76. The molecular weight excluding hydrogens is 446 g/mol. The average Bonchev–Trinajstić information content (AvgIpc) is 3.16. The molecule has 0 aliphatic rings.